The molecule has 0 spiro atoms. The van der Waals surface area contributed by atoms with Gasteiger partial charge in [0.15, 0.2) is 0 Å². The van der Waals surface area contributed by atoms with Gasteiger partial charge in [-0.1, -0.05) is 60.7 Å². The van der Waals surface area contributed by atoms with Crippen LogP contribution >= 0.6 is 0 Å². The van der Waals surface area contributed by atoms with Gasteiger partial charge >= 0.3 is 0 Å². The van der Waals surface area contributed by atoms with Crippen LogP contribution in [0.1, 0.15) is 21.5 Å². The van der Waals surface area contributed by atoms with Gasteiger partial charge in [0.25, 0.3) is 5.91 Å². The largest absolute Gasteiger partial charge is 0.321 e. The van der Waals surface area contributed by atoms with E-state index in [9.17, 15) is 13.2 Å². The summed E-state index contributed by atoms with van der Waals surface area (Å²) in [7, 11) is -3.47. The molecule has 32 heavy (non-hydrogen) atoms. The molecule has 0 radical (unpaired) electrons. The zero-order chi connectivity index (χ0) is 22.7. The highest BCUT2D eigenvalue weighted by Crippen LogP contribution is 2.24. The van der Waals surface area contributed by atoms with Crippen molar-refractivity contribution in [1.82, 2.24) is 0 Å². The monoisotopic (exact) mass is 444 g/mol. The second-order valence-corrected chi connectivity index (χ2v) is 9.69. The number of rotatable bonds is 6. The van der Waals surface area contributed by atoms with E-state index in [1.807, 2.05) is 67.6 Å². The third-order valence-electron chi connectivity index (χ3n) is 5.27. The van der Waals surface area contributed by atoms with Crippen molar-refractivity contribution >= 4 is 38.1 Å². The molecule has 1 amide bonds. The minimum Gasteiger partial charge on any atom is -0.321 e. The third-order valence-corrected chi connectivity index (χ3v) is 6.41. The number of hydrogen-bond acceptors (Lipinski definition) is 3. The summed E-state index contributed by atoms with van der Waals surface area (Å²) in [5.41, 5.74) is 3.64. The molecule has 0 bridgehead atoms. The Morgan fingerprint density at radius 2 is 1.56 bits per heavy atom. The van der Waals surface area contributed by atoms with Gasteiger partial charge in [0.2, 0.25) is 10.0 Å². The van der Waals surface area contributed by atoms with Crippen LogP contribution in [0, 0.1) is 6.92 Å². The fourth-order valence-corrected chi connectivity index (χ4v) is 4.52. The summed E-state index contributed by atoms with van der Waals surface area (Å²) in [5, 5.41) is 5.00. The Bertz CT molecular complexity index is 1370. The predicted octanol–water partition coefficient (Wildman–Crippen LogP) is 5.37. The second-order valence-electron chi connectivity index (χ2n) is 7.79. The molecule has 5 nitrogen and oxygen atoms in total. The third kappa shape index (κ3) is 4.81. The van der Waals surface area contributed by atoms with Crippen molar-refractivity contribution in [3.63, 3.8) is 0 Å². The van der Waals surface area contributed by atoms with E-state index < -0.39 is 10.0 Å². The number of carbonyl (C=O) groups is 1. The lowest BCUT2D eigenvalue weighted by Gasteiger charge is -2.23. The van der Waals surface area contributed by atoms with E-state index >= 15 is 0 Å². The fraction of sp³-hybridized carbons (Fsp3) is 0.115. The highest BCUT2D eigenvalue weighted by molar-refractivity contribution is 7.92. The SMILES string of the molecule is Cc1cccc(N(Cc2ccc(C(=O)Nc3cccc4ccccc34)cc2)S(C)(=O)=O)c1. The average molecular weight is 445 g/mol. The van der Waals surface area contributed by atoms with E-state index in [-0.39, 0.29) is 12.5 Å². The Labute approximate surface area is 188 Å². The highest BCUT2D eigenvalue weighted by atomic mass is 32.2. The summed E-state index contributed by atoms with van der Waals surface area (Å²) in [6.45, 7) is 2.11. The van der Waals surface area contributed by atoms with Crippen LogP contribution in [0.3, 0.4) is 0 Å². The first-order chi connectivity index (χ1) is 15.3. The summed E-state index contributed by atoms with van der Waals surface area (Å²) in [5.74, 6) is -0.216. The number of aryl methyl sites for hydroxylation is 1. The van der Waals surface area contributed by atoms with Crippen LogP contribution in [0.4, 0.5) is 11.4 Å². The second kappa shape index (κ2) is 8.85. The van der Waals surface area contributed by atoms with Crippen LogP contribution in [0.25, 0.3) is 10.8 Å². The molecule has 162 valence electrons. The van der Waals surface area contributed by atoms with Crippen LogP contribution < -0.4 is 9.62 Å². The van der Waals surface area contributed by atoms with Gasteiger partial charge in [0.1, 0.15) is 0 Å². The molecule has 0 atom stereocenters. The zero-order valence-corrected chi connectivity index (χ0v) is 18.8. The average Bonchev–Trinajstić information content (AvgIpc) is 2.77. The summed E-state index contributed by atoms with van der Waals surface area (Å²) in [6.07, 6.45) is 1.20. The predicted molar refractivity (Wildman–Crippen MR) is 131 cm³/mol. The van der Waals surface area contributed by atoms with Gasteiger partial charge in [-0.05, 0) is 53.8 Å². The number of fused-ring (bicyclic) bond motifs is 1. The molecule has 0 unspecified atom stereocenters. The topological polar surface area (TPSA) is 66.5 Å². The highest BCUT2D eigenvalue weighted by Gasteiger charge is 2.18. The molecule has 6 heteroatoms. The summed E-state index contributed by atoms with van der Waals surface area (Å²) < 4.78 is 26.2. The van der Waals surface area contributed by atoms with E-state index in [1.54, 1.807) is 30.3 Å². The minimum atomic E-state index is -3.47. The molecule has 0 saturated carbocycles. The van der Waals surface area contributed by atoms with E-state index in [1.165, 1.54) is 10.6 Å². The number of nitrogens with zero attached hydrogens (tertiary/aromatic N) is 1. The number of benzene rings is 4. The smallest absolute Gasteiger partial charge is 0.255 e. The molecular formula is C26H24N2O3S. The molecule has 4 aromatic carbocycles. The standard InChI is InChI=1S/C26H24N2O3S/c1-19-7-5-10-23(17-19)28(32(2,30)31)18-20-13-15-22(16-14-20)26(29)27-25-12-6-9-21-8-3-4-11-24(21)25/h3-17H,18H2,1-2H3,(H,27,29). The van der Waals surface area contributed by atoms with Crippen LogP contribution in [0.5, 0.6) is 0 Å². The van der Waals surface area contributed by atoms with Crippen molar-refractivity contribution in [1.29, 1.82) is 0 Å². The van der Waals surface area contributed by atoms with Gasteiger partial charge < -0.3 is 5.32 Å². The van der Waals surface area contributed by atoms with E-state index in [0.717, 1.165) is 27.6 Å². The van der Waals surface area contributed by atoms with Crippen LogP contribution in [0.2, 0.25) is 0 Å². The molecular weight excluding hydrogens is 420 g/mol. The summed E-state index contributed by atoms with van der Waals surface area (Å²) in [6, 6.07) is 28.0. The normalized spacial score (nSPS) is 11.3. The maximum Gasteiger partial charge on any atom is 0.255 e. The fourth-order valence-electron chi connectivity index (χ4n) is 3.64. The molecule has 0 saturated heterocycles. The molecule has 0 aromatic heterocycles. The first-order valence-electron chi connectivity index (χ1n) is 10.2. The molecule has 4 aromatic rings. The molecule has 4 rings (SSSR count). The Hall–Kier alpha value is -3.64. The van der Waals surface area contributed by atoms with Gasteiger partial charge in [-0.25, -0.2) is 8.42 Å². The zero-order valence-electron chi connectivity index (χ0n) is 17.9. The van der Waals surface area contributed by atoms with E-state index in [0.29, 0.717) is 11.3 Å². The minimum absolute atomic E-state index is 0.188. The van der Waals surface area contributed by atoms with Gasteiger partial charge in [0, 0.05) is 16.6 Å². The summed E-state index contributed by atoms with van der Waals surface area (Å²) >= 11 is 0. The molecule has 0 aliphatic rings. The Morgan fingerprint density at radius 1 is 0.875 bits per heavy atom. The van der Waals surface area contributed by atoms with E-state index in [2.05, 4.69) is 5.32 Å². The number of nitrogens with one attached hydrogen (secondary N) is 1. The summed E-state index contributed by atoms with van der Waals surface area (Å²) in [4.78, 5) is 12.8. The van der Waals surface area contributed by atoms with Crippen LogP contribution in [0.15, 0.2) is 91.0 Å². The van der Waals surface area contributed by atoms with Crippen molar-refractivity contribution in [3.05, 3.63) is 108 Å². The number of sulfonamides is 1. The lowest BCUT2D eigenvalue weighted by atomic mass is 10.1. The first kappa shape index (κ1) is 21.6. The number of carbonyl (C=O) groups excluding carboxylic acids is 1. The quantitative estimate of drug-likeness (QED) is 0.435. The van der Waals surface area contributed by atoms with Gasteiger partial charge in [-0.3, -0.25) is 9.10 Å². The molecule has 0 aliphatic carbocycles. The first-order valence-corrected chi connectivity index (χ1v) is 12.1. The van der Waals surface area contributed by atoms with Crippen LogP contribution in [-0.2, 0) is 16.6 Å². The Kier molecular flexibility index (Phi) is 5.97. The number of anilines is 2. The molecule has 0 aliphatic heterocycles. The van der Waals surface area contributed by atoms with E-state index in [4.69, 9.17) is 0 Å². The number of hydrogen-bond donors (Lipinski definition) is 1. The van der Waals surface area contributed by atoms with Crippen molar-refractivity contribution < 1.29 is 13.2 Å². The Morgan fingerprint density at radius 3 is 2.28 bits per heavy atom. The van der Waals surface area contributed by atoms with Crippen molar-refractivity contribution in [3.8, 4) is 0 Å². The number of amides is 1. The van der Waals surface area contributed by atoms with Crippen LogP contribution in [-0.4, -0.2) is 20.6 Å². The lowest BCUT2D eigenvalue weighted by Crippen LogP contribution is -2.29. The van der Waals surface area contributed by atoms with Gasteiger partial charge in [-0.15, -0.1) is 0 Å². The van der Waals surface area contributed by atoms with Crippen molar-refractivity contribution in [2.24, 2.45) is 0 Å². The van der Waals surface area contributed by atoms with Gasteiger partial charge in [0.05, 0.1) is 18.5 Å². The molecule has 0 heterocycles. The Balaban J connectivity index is 1.53. The molecule has 1 N–H and O–H groups in total. The maximum absolute atomic E-state index is 12.8. The van der Waals surface area contributed by atoms with Crippen molar-refractivity contribution in [2.45, 2.75) is 13.5 Å². The van der Waals surface area contributed by atoms with Gasteiger partial charge in [-0.2, -0.15) is 0 Å². The maximum atomic E-state index is 12.8. The van der Waals surface area contributed by atoms with Crippen molar-refractivity contribution in [2.75, 3.05) is 15.9 Å². The lowest BCUT2D eigenvalue weighted by molar-refractivity contribution is 0.102. The molecule has 0 fully saturated rings.